The van der Waals surface area contributed by atoms with Gasteiger partial charge in [0.05, 0.1) is 6.61 Å². The van der Waals surface area contributed by atoms with Gasteiger partial charge in [-0.25, -0.2) is 0 Å². The predicted molar refractivity (Wildman–Crippen MR) is 69.5 cm³/mol. The standard InChI is InChI=1S/C11H16N2O2.C2H6/c1-15-8-10(12)11(14)13-7-9-5-3-2-4-6-9;1-2/h2-6,10H,7-8,12H2,1H3,(H,13,14);1-2H3/t10-;/m1./s1. The molecule has 0 radical (unpaired) electrons. The highest BCUT2D eigenvalue weighted by atomic mass is 16.5. The summed E-state index contributed by atoms with van der Waals surface area (Å²) in [5.41, 5.74) is 6.61. The van der Waals surface area contributed by atoms with E-state index in [0.29, 0.717) is 6.54 Å². The Bertz CT molecular complexity index is 302. The fraction of sp³-hybridized carbons (Fsp3) is 0.462. The van der Waals surface area contributed by atoms with Gasteiger partial charge in [-0.15, -0.1) is 0 Å². The molecule has 0 bridgehead atoms. The number of nitrogens with two attached hydrogens (primary N) is 1. The minimum Gasteiger partial charge on any atom is -0.383 e. The second-order valence-electron chi connectivity index (χ2n) is 3.27. The smallest absolute Gasteiger partial charge is 0.239 e. The van der Waals surface area contributed by atoms with Crippen molar-refractivity contribution in [2.45, 2.75) is 26.4 Å². The maximum atomic E-state index is 11.4. The fourth-order valence-electron chi connectivity index (χ4n) is 1.17. The van der Waals surface area contributed by atoms with E-state index < -0.39 is 6.04 Å². The Morgan fingerprint density at radius 2 is 1.94 bits per heavy atom. The molecule has 0 aliphatic rings. The Labute approximate surface area is 103 Å². The summed E-state index contributed by atoms with van der Waals surface area (Å²) in [4.78, 5) is 11.4. The van der Waals surface area contributed by atoms with Crippen LogP contribution in [0.3, 0.4) is 0 Å². The maximum Gasteiger partial charge on any atom is 0.239 e. The summed E-state index contributed by atoms with van der Waals surface area (Å²) >= 11 is 0. The molecule has 1 atom stereocenters. The van der Waals surface area contributed by atoms with E-state index in [0.717, 1.165) is 5.56 Å². The zero-order valence-corrected chi connectivity index (χ0v) is 10.8. The molecular formula is C13H22N2O2. The van der Waals surface area contributed by atoms with E-state index in [9.17, 15) is 4.79 Å². The quantitative estimate of drug-likeness (QED) is 0.812. The number of hydrogen-bond donors (Lipinski definition) is 2. The highest BCUT2D eigenvalue weighted by Gasteiger charge is 2.11. The number of nitrogens with one attached hydrogen (secondary N) is 1. The molecule has 1 aromatic carbocycles. The fourth-order valence-corrected chi connectivity index (χ4v) is 1.17. The monoisotopic (exact) mass is 238 g/mol. The molecule has 1 amide bonds. The lowest BCUT2D eigenvalue weighted by molar-refractivity contribution is -0.123. The molecule has 0 spiro atoms. The van der Waals surface area contributed by atoms with Crippen molar-refractivity contribution in [2.24, 2.45) is 5.73 Å². The van der Waals surface area contributed by atoms with Crippen molar-refractivity contribution in [2.75, 3.05) is 13.7 Å². The Kier molecular flexibility index (Phi) is 9.01. The van der Waals surface area contributed by atoms with Gasteiger partial charge in [-0.2, -0.15) is 0 Å². The number of benzene rings is 1. The average molecular weight is 238 g/mol. The van der Waals surface area contributed by atoms with Crippen LogP contribution < -0.4 is 11.1 Å². The number of rotatable bonds is 5. The van der Waals surface area contributed by atoms with Gasteiger partial charge >= 0.3 is 0 Å². The lowest BCUT2D eigenvalue weighted by atomic mass is 10.2. The summed E-state index contributed by atoms with van der Waals surface area (Å²) in [6.07, 6.45) is 0. The van der Waals surface area contributed by atoms with E-state index in [1.165, 1.54) is 7.11 Å². The van der Waals surface area contributed by atoms with Crippen LogP contribution in [0, 0.1) is 0 Å². The van der Waals surface area contributed by atoms with Gasteiger partial charge in [-0.05, 0) is 5.56 Å². The number of carbonyl (C=O) groups excluding carboxylic acids is 1. The molecular weight excluding hydrogens is 216 g/mol. The molecule has 0 aliphatic heterocycles. The summed E-state index contributed by atoms with van der Waals surface area (Å²) in [5.74, 6) is -0.194. The van der Waals surface area contributed by atoms with Gasteiger partial charge in [0.15, 0.2) is 0 Å². The van der Waals surface area contributed by atoms with E-state index in [1.807, 2.05) is 44.2 Å². The molecule has 0 aliphatic carbocycles. The van der Waals surface area contributed by atoms with Crippen LogP contribution in [0.4, 0.5) is 0 Å². The average Bonchev–Trinajstić information content (AvgIpc) is 2.40. The van der Waals surface area contributed by atoms with Gasteiger partial charge in [0.25, 0.3) is 0 Å². The predicted octanol–water partition coefficient (Wildman–Crippen LogP) is 1.30. The molecule has 4 heteroatoms. The van der Waals surface area contributed by atoms with Gasteiger partial charge in [-0.3, -0.25) is 4.79 Å². The normalized spacial score (nSPS) is 11.1. The summed E-state index contributed by atoms with van der Waals surface area (Å²) in [6.45, 7) is 4.73. The largest absolute Gasteiger partial charge is 0.383 e. The molecule has 17 heavy (non-hydrogen) atoms. The maximum absolute atomic E-state index is 11.4. The van der Waals surface area contributed by atoms with Gasteiger partial charge in [0, 0.05) is 13.7 Å². The third kappa shape index (κ3) is 6.71. The lowest BCUT2D eigenvalue weighted by Crippen LogP contribution is -2.43. The van der Waals surface area contributed by atoms with Crippen molar-refractivity contribution in [1.82, 2.24) is 5.32 Å². The SMILES string of the molecule is CC.COC[C@@H](N)C(=O)NCc1ccccc1. The first kappa shape index (κ1) is 15.6. The van der Waals surface area contributed by atoms with Crippen LogP contribution in [0.1, 0.15) is 19.4 Å². The molecule has 0 unspecified atom stereocenters. The Hall–Kier alpha value is -1.39. The van der Waals surface area contributed by atoms with Crippen LogP contribution in [0.25, 0.3) is 0 Å². The van der Waals surface area contributed by atoms with Crippen LogP contribution in [-0.2, 0) is 16.1 Å². The van der Waals surface area contributed by atoms with Crippen LogP contribution in [0.15, 0.2) is 30.3 Å². The van der Waals surface area contributed by atoms with E-state index in [-0.39, 0.29) is 12.5 Å². The molecule has 0 heterocycles. The first-order valence-electron chi connectivity index (χ1n) is 5.80. The summed E-state index contributed by atoms with van der Waals surface area (Å²) < 4.78 is 4.79. The van der Waals surface area contributed by atoms with E-state index >= 15 is 0 Å². The summed E-state index contributed by atoms with van der Waals surface area (Å²) in [6, 6.07) is 9.08. The van der Waals surface area contributed by atoms with Crippen LogP contribution >= 0.6 is 0 Å². The van der Waals surface area contributed by atoms with E-state index in [1.54, 1.807) is 0 Å². The number of methoxy groups -OCH3 is 1. The van der Waals surface area contributed by atoms with Gasteiger partial charge < -0.3 is 15.8 Å². The zero-order chi connectivity index (χ0) is 13.1. The first-order valence-corrected chi connectivity index (χ1v) is 5.80. The van der Waals surface area contributed by atoms with Crippen molar-refractivity contribution in [3.8, 4) is 0 Å². The molecule has 3 N–H and O–H groups in total. The van der Waals surface area contributed by atoms with Gasteiger partial charge in [0.1, 0.15) is 6.04 Å². The van der Waals surface area contributed by atoms with Crippen molar-refractivity contribution in [1.29, 1.82) is 0 Å². The van der Waals surface area contributed by atoms with E-state index in [2.05, 4.69) is 5.32 Å². The van der Waals surface area contributed by atoms with Crippen LogP contribution in [0.2, 0.25) is 0 Å². The highest BCUT2D eigenvalue weighted by Crippen LogP contribution is 1.97. The van der Waals surface area contributed by atoms with Crippen molar-refractivity contribution in [3.05, 3.63) is 35.9 Å². The Morgan fingerprint density at radius 1 is 1.35 bits per heavy atom. The second kappa shape index (κ2) is 9.81. The number of ether oxygens (including phenoxy) is 1. The van der Waals surface area contributed by atoms with Gasteiger partial charge in [-0.1, -0.05) is 44.2 Å². The Balaban J connectivity index is 0.00000121. The van der Waals surface area contributed by atoms with Crippen LogP contribution in [-0.4, -0.2) is 25.7 Å². The molecule has 0 fully saturated rings. The van der Waals surface area contributed by atoms with Crippen LogP contribution in [0.5, 0.6) is 0 Å². The Morgan fingerprint density at radius 3 is 2.47 bits per heavy atom. The molecule has 1 rings (SSSR count). The highest BCUT2D eigenvalue weighted by molar-refractivity contribution is 5.81. The molecule has 0 aromatic heterocycles. The molecule has 1 aromatic rings. The van der Waals surface area contributed by atoms with Gasteiger partial charge in [0.2, 0.25) is 5.91 Å². The first-order chi connectivity index (χ1) is 8.24. The molecule has 0 saturated heterocycles. The topological polar surface area (TPSA) is 64.3 Å². The van der Waals surface area contributed by atoms with Crippen molar-refractivity contribution >= 4 is 5.91 Å². The third-order valence-corrected chi connectivity index (χ3v) is 1.99. The lowest BCUT2D eigenvalue weighted by Gasteiger charge is -2.10. The summed E-state index contributed by atoms with van der Waals surface area (Å²) in [7, 11) is 1.52. The van der Waals surface area contributed by atoms with Crippen molar-refractivity contribution in [3.63, 3.8) is 0 Å². The summed E-state index contributed by atoms with van der Waals surface area (Å²) in [5, 5.41) is 2.74. The molecule has 0 saturated carbocycles. The number of amides is 1. The third-order valence-electron chi connectivity index (χ3n) is 1.99. The zero-order valence-electron chi connectivity index (χ0n) is 10.8. The van der Waals surface area contributed by atoms with E-state index in [4.69, 9.17) is 10.5 Å². The number of hydrogen-bond acceptors (Lipinski definition) is 3. The second-order valence-corrected chi connectivity index (χ2v) is 3.27. The molecule has 4 nitrogen and oxygen atoms in total. The van der Waals surface area contributed by atoms with Crippen molar-refractivity contribution < 1.29 is 9.53 Å². The molecule has 96 valence electrons. The minimum atomic E-state index is -0.598. The minimum absolute atomic E-state index is 0.194. The number of carbonyl (C=O) groups is 1.